The SMILES string of the molecule is Nc1cccc(C(=O)Nc2cc(S(=O)(=O)O)cc3cc(S(=O)(=O)O)ccc23)c1. The van der Waals surface area contributed by atoms with Gasteiger partial charge in [-0.2, -0.15) is 16.8 Å². The molecule has 3 aromatic carbocycles. The number of fused-ring (bicyclic) bond motifs is 1. The second-order valence-corrected chi connectivity index (χ2v) is 8.73. The van der Waals surface area contributed by atoms with Crippen molar-refractivity contribution in [1.82, 2.24) is 0 Å². The first kappa shape index (κ1) is 19.8. The van der Waals surface area contributed by atoms with Gasteiger partial charge in [0.2, 0.25) is 0 Å². The minimum atomic E-state index is -4.66. The number of carbonyl (C=O) groups is 1. The molecule has 11 heteroatoms. The van der Waals surface area contributed by atoms with Crippen LogP contribution in [-0.2, 0) is 20.2 Å². The fourth-order valence-electron chi connectivity index (χ4n) is 2.61. The van der Waals surface area contributed by atoms with Crippen molar-refractivity contribution in [2.24, 2.45) is 0 Å². The molecule has 0 aliphatic carbocycles. The Labute approximate surface area is 160 Å². The van der Waals surface area contributed by atoms with Gasteiger partial charge < -0.3 is 11.1 Å². The molecule has 0 bridgehead atoms. The number of nitrogen functional groups attached to an aromatic ring is 1. The average molecular weight is 422 g/mol. The lowest BCUT2D eigenvalue weighted by Gasteiger charge is -2.12. The third-order valence-electron chi connectivity index (χ3n) is 3.89. The Hall–Kier alpha value is -2.99. The Kier molecular flexibility index (Phi) is 4.85. The molecule has 3 aromatic rings. The molecule has 5 N–H and O–H groups in total. The van der Waals surface area contributed by atoms with Gasteiger partial charge in [-0.15, -0.1) is 0 Å². The Balaban J connectivity index is 2.18. The van der Waals surface area contributed by atoms with Crippen LogP contribution in [0.15, 0.2) is 64.4 Å². The molecule has 0 aromatic heterocycles. The molecule has 0 radical (unpaired) electrons. The van der Waals surface area contributed by atoms with Crippen molar-refractivity contribution in [2.45, 2.75) is 9.79 Å². The molecule has 0 heterocycles. The summed E-state index contributed by atoms with van der Waals surface area (Å²) in [4.78, 5) is 11.5. The maximum absolute atomic E-state index is 12.5. The molecule has 146 valence electrons. The third-order valence-corrected chi connectivity index (χ3v) is 5.57. The van der Waals surface area contributed by atoms with Crippen molar-refractivity contribution in [1.29, 1.82) is 0 Å². The molecule has 9 nitrogen and oxygen atoms in total. The van der Waals surface area contributed by atoms with E-state index >= 15 is 0 Å². The van der Waals surface area contributed by atoms with E-state index in [1.165, 1.54) is 18.2 Å². The molecule has 0 unspecified atom stereocenters. The topological polar surface area (TPSA) is 164 Å². The van der Waals surface area contributed by atoms with Crippen LogP contribution < -0.4 is 11.1 Å². The highest BCUT2D eigenvalue weighted by Crippen LogP contribution is 2.30. The van der Waals surface area contributed by atoms with Crippen LogP contribution in [0.1, 0.15) is 10.4 Å². The molecular formula is C17H14N2O7S2. The zero-order valence-electron chi connectivity index (χ0n) is 14.0. The molecule has 0 saturated carbocycles. The van der Waals surface area contributed by atoms with Gasteiger partial charge in [-0.3, -0.25) is 13.9 Å². The van der Waals surface area contributed by atoms with Gasteiger partial charge in [0, 0.05) is 16.6 Å². The minimum absolute atomic E-state index is 0.0134. The number of benzene rings is 3. The van der Waals surface area contributed by atoms with Crippen molar-refractivity contribution in [3.05, 3.63) is 60.2 Å². The van der Waals surface area contributed by atoms with Gasteiger partial charge in [-0.25, -0.2) is 0 Å². The Morgan fingerprint density at radius 2 is 1.50 bits per heavy atom. The van der Waals surface area contributed by atoms with E-state index in [1.807, 2.05) is 0 Å². The highest BCUT2D eigenvalue weighted by molar-refractivity contribution is 7.86. The lowest BCUT2D eigenvalue weighted by Crippen LogP contribution is -2.13. The molecular weight excluding hydrogens is 408 g/mol. The highest BCUT2D eigenvalue weighted by atomic mass is 32.2. The van der Waals surface area contributed by atoms with Crippen LogP contribution in [0, 0.1) is 0 Å². The molecule has 0 atom stereocenters. The van der Waals surface area contributed by atoms with E-state index in [9.17, 15) is 30.7 Å². The second-order valence-electron chi connectivity index (χ2n) is 5.88. The number of nitrogens with one attached hydrogen (secondary N) is 1. The van der Waals surface area contributed by atoms with E-state index in [2.05, 4.69) is 5.32 Å². The molecule has 1 amide bonds. The fourth-order valence-corrected chi connectivity index (χ4v) is 3.67. The van der Waals surface area contributed by atoms with Crippen LogP contribution >= 0.6 is 0 Å². The number of hydrogen-bond donors (Lipinski definition) is 4. The summed E-state index contributed by atoms with van der Waals surface area (Å²) in [6.45, 7) is 0. The monoisotopic (exact) mass is 422 g/mol. The summed E-state index contributed by atoms with van der Waals surface area (Å²) in [7, 11) is -9.19. The Morgan fingerprint density at radius 1 is 0.857 bits per heavy atom. The van der Waals surface area contributed by atoms with E-state index < -0.39 is 35.9 Å². The van der Waals surface area contributed by atoms with E-state index in [0.717, 1.165) is 24.3 Å². The number of hydrogen-bond acceptors (Lipinski definition) is 6. The summed E-state index contributed by atoms with van der Waals surface area (Å²) in [6, 6.07) is 11.5. The summed E-state index contributed by atoms with van der Waals surface area (Å²) < 4.78 is 64.4. The van der Waals surface area contributed by atoms with Crippen LogP contribution in [0.2, 0.25) is 0 Å². The Morgan fingerprint density at radius 3 is 2.11 bits per heavy atom. The van der Waals surface area contributed by atoms with E-state index in [-0.39, 0.29) is 22.0 Å². The van der Waals surface area contributed by atoms with Gasteiger partial charge in [0.25, 0.3) is 26.1 Å². The summed E-state index contributed by atoms with van der Waals surface area (Å²) in [5, 5.41) is 2.87. The van der Waals surface area contributed by atoms with Crippen molar-refractivity contribution in [2.75, 3.05) is 11.1 Å². The largest absolute Gasteiger partial charge is 0.399 e. The van der Waals surface area contributed by atoms with Crippen molar-refractivity contribution >= 4 is 48.3 Å². The number of amides is 1. The third kappa shape index (κ3) is 4.12. The molecule has 3 rings (SSSR count). The summed E-state index contributed by atoms with van der Waals surface area (Å²) in [6.07, 6.45) is 0. The van der Waals surface area contributed by atoms with Gasteiger partial charge in [-0.1, -0.05) is 12.1 Å². The van der Waals surface area contributed by atoms with Gasteiger partial charge in [0.1, 0.15) is 0 Å². The van der Waals surface area contributed by atoms with Crippen LogP contribution in [0.5, 0.6) is 0 Å². The van der Waals surface area contributed by atoms with Crippen LogP contribution in [0.4, 0.5) is 11.4 Å². The van der Waals surface area contributed by atoms with E-state index in [0.29, 0.717) is 5.69 Å². The van der Waals surface area contributed by atoms with Crippen LogP contribution in [0.25, 0.3) is 10.8 Å². The number of anilines is 2. The van der Waals surface area contributed by atoms with Crippen molar-refractivity contribution in [3.63, 3.8) is 0 Å². The fraction of sp³-hybridized carbons (Fsp3) is 0. The standard InChI is InChI=1S/C17H14N2O7S2/c18-12-3-1-2-10(6-12)17(20)19-16-9-14(28(24,25)26)8-11-7-13(27(21,22)23)4-5-15(11)16/h1-9H,18H2,(H,19,20)(H,21,22,23)(H,24,25,26). The summed E-state index contributed by atoms with van der Waals surface area (Å²) >= 11 is 0. The predicted molar refractivity (Wildman–Crippen MR) is 102 cm³/mol. The average Bonchev–Trinajstić information content (AvgIpc) is 2.59. The molecule has 0 fully saturated rings. The minimum Gasteiger partial charge on any atom is -0.399 e. The molecule has 0 aliphatic rings. The first-order chi connectivity index (χ1) is 12.9. The summed E-state index contributed by atoms with van der Waals surface area (Å²) in [5.74, 6) is -0.597. The van der Waals surface area contributed by atoms with Crippen molar-refractivity contribution < 1.29 is 30.7 Å². The first-order valence-electron chi connectivity index (χ1n) is 7.65. The molecule has 0 saturated heterocycles. The zero-order chi connectivity index (χ0) is 20.7. The second kappa shape index (κ2) is 6.87. The van der Waals surface area contributed by atoms with Gasteiger partial charge in [0.15, 0.2) is 0 Å². The molecule has 0 aliphatic heterocycles. The zero-order valence-corrected chi connectivity index (χ0v) is 15.7. The summed E-state index contributed by atoms with van der Waals surface area (Å²) in [5.41, 5.74) is 6.22. The van der Waals surface area contributed by atoms with Gasteiger partial charge in [0.05, 0.1) is 15.5 Å². The maximum Gasteiger partial charge on any atom is 0.294 e. The van der Waals surface area contributed by atoms with Gasteiger partial charge in [-0.05, 0) is 47.9 Å². The van der Waals surface area contributed by atoms with E-state index in [4.69, 9.17) is 5.73 Å². The number of rotatable bonds is 4. The lowest BCUT2D eigenvalue weighted by atomic mass is 10.1. The van der Waals surface area contributed by atoms with Crippen LogP contribution in [-0.4, -0.2) is 31.8 Å². The van der Waals surface area contributed by atoms with Gasteiger partial charge >= 0.3 is 0 Å². The smallest absolute Gasteiger partial charge is 0.294 e. The highest BCUT2D eigenvalue weighted by Gasteiger charge is 2.18. The molecule has 28 heavy (non-hydrogen) atoms. The number of nitrogens with two attached hydrogens (primary N) is 1. The maximum atomic E-state index is 12.5. The Bertz CT molecular complexity index is 1310. The van der Waals surface area contributed by atoms with E-state index in [1.54, 1.807) is 12.1 Å². The van der Waals surface area contributed by atoms with Crippen molar-refractivity contribution in [3.8, 4) is 0 Å². The quantitative estimate of drug-likeness (QED) is 0.367. The lowest BCUT2D eigenvalue weighted by molar-refractivity contribution is 0.102. The normalized spacial score (nSPS) is 12.1. The first-order valence-corrected chi connectivity index (χ1v) is 10.5. The molecule has 0 spiro atoms. The predicted octanol–water partition coefficient (Wildman–Crippen LogP) is 2.17. The van der Waals surface area contributed by atoms with Crippen LogP contribution in [0.3, 0.4) is 0 Å². The number of carbonyl (C=O) groups excluding carboxylic acids is 1.